The molecule has 1 aromatic heterocycles. The van der Waals surface area contributed by atoms with Gasteiger partial charge in [0, 0.05) is 30.2 Å². The van der Waals surface area contributed by atoms with Gasteiger partial charge in [-0.3, -0.25) is 0 Å². The first-order chi connectivity index (χ1) is 9.97. The lowest BCUT2D eigenvalue weighted by Gasteiger charge is -2.14. The molecule has 2 rings (SSSR count). The van der Waals surface area contributed by atoms with Crippen molar-refractivity contribution in [2.75, 3.05) is 0 Å². The monoisotopic (exact) mass is 327 g/mol. The number of aromatic nitrogens is 2. The topological polar surface area (TPSA) is 39.1 Å². The van der Waals surface area contributed by atoms with Gasteiger partial charge >= 0.3 is 0 Å². The van der Waals surface area contributed by atoms with Crippen molar-refractivity contribution in [3.8, 4) is 5.75 Å². The highest BCUT2D eigenvalue weighted by Gasteiger charge is 2.09. The molecule has 0 atom stereocenters. The van der Waals surface area contributed by atoms with E-state index in [0.29, 0.717) is 29.4 Å². The molecule has 0 radical (unpaired) electrons. The summed E-state index contributed by atoms with van der Waals surface area (Å²) < 4.78 is 7.66. The minimum atomic E-state index is 0.361. The smallest absolute Gasteiger partial charge is 0.147 e. The lowest BCUT2D eigenvalue weighted by molar-refractivity contribution is 0.288. The van der Waals surface area contributed by atoms with Gasteiger partial charge in [-0.15, -0.1) is 0 Å². The molecule has 21 heavy (non-hydrogen) atoms. The second-order valence-electron chi connectivity index (χ2n) is 5.13. The van der Waals surface area contributed by atoms with E-state index in [1.54, 1.807) is 10.8 Å². The van der Waals surface area contributed by atoms with Crippen LogP contribution in [-0.2, 0) is 20.2 Å². The average Bonchev–Trinajstić information content (AvgIpc) is 2.75. The van der Waals surface area contributed by atoms with Crippen LogP contribution in [0, 0.1) is 0 Å². The van der Waals surface area contributed by atoms with Crippen LogP contribution in [0.2, 0.25) is 10.2 Å². The summed E-state index contributed by atoms with van der Waals surface area (Å²) in [4.78, 5) is 4.22. The number of halogens is 2. The minimum Gasteiger partial charge on any atom is -0.485 e. The van der Waals surface area contributed by atoms with Crippen LogP contribution in [0.4, 0.5) is 0 Å². The Balaban J connectivity index is 2.10. The highest BCUT2D eigenvalue weighted by Crippen LogP contribution is 2.24. The van der Waals surface area contributed by atoms with Crippen molar-refractivity contribution >= 4 is 23.2 Å². The Hall–Kier alpha value is -1.23. The van der Waals surface area contributed by atoms with Crippen molar-refractivity contribution in [1.29, 1.82) is 0 Å². The van der Waals surface area contributed by atoms with Gasteiger partial charge in [-0.25, -0.2) is 4.98 Å². The summed E-state index contributed by atoms with van der Waals surface area (Å²) >= 11 is 12.0. The average molecular weight is 328 g/mol. The van der Waals surface area contributed by atoms with Gasteiger partial charge in [0.25, 0.3) is 0 Å². The van der Waals surface area contributed by atoms with Crippen LogP contribution in [0.25, 0.3) is 0 Å². The van der Waals surface area contributed by atoms with Crippen molar-refractivity contribution in [3.63, 3.8) is 0 Å². The van der Waals surface area contributed by atoms with E-state index in [-0.39, 0.29) is 0 Å². The summed E-state index contributed by atoms with van der Waals surface area (Å²) in [7, 11) is 1.86. The first-order valence-corrected chi connectivity index (χ1v) is 7.53. The minimum absolute atomic E-state index is 0.361. The molecule has 0 aliphatic rings. The van der Waals surface area contributed by atoms with Gasteiger partial charge in [-0.05, 0) is 18.2 Å². The molecule has 1 N–H and O–H groups in total. The quantitative estimate of drug-likeness (QED) is 0.876. The van der Waals surface area contributed by atoms with Crippen LogP contribution in [0.3, 0.4) is 0 Å². The van der Waals surface area contributed by atoms with E-state index in [0.717, 1.165) is 17.1 Å². The molecule has 2 aromatic rings. The zero-order chi connectivity index (χ0) is 15.4. The normalized spacial score (nSPS) is 11.1. The summed E-state index contributed by atoms with van der Waals surface area (Å²) in [6.07, 6.45) is 1.61. The number of ether oxygens (including phenoxy) is 1. The molecule has 0 spiro atoms. The Labute approximate surface area is 135 Å². The third-order valence-electron chi connectivity index (χ3n) is 3.11. The second kappa shape index (κ2) is 7.16. The van der Waals surface area contributed by atoms with Gasteiger partial charge in [0.2, 0.25) is 0 Å². The summed E-state index contributed by atoms with van der Waals surface area (Å²) in [5.74, 6) is 1.57. The Morgan fingerprint density at radius 1 is 1.33 bits per heavy atom. The largest absolute Gasteiger partial charge is 0.485 e. The van der Waals surface area contributed by atoms with Crippen molar-refractivity contribution in [2.45, 2.75) is 33.0 Å². The second-order valence-corrected chi connectivity index (χ2v) is 5.96. The van der Waals surface area contributed by atoms with Crippen molar-refractivity contribution < 1.29 is 4.74 Å². The number of nitrogens with zero attached hydrogens (tertiary/aromatic N) is 2. The predicted octanol–water partition coefficient (Wildman–Crippen LogP) is 3.80. The number of rotatable bonds is 6. The summed E-state index contributed by atoms with van der Waals surface area (Å²) in [5, 5.41) is 4.65. The Kier molecular flexibility index (Phi) is 5.51. The van der Waals surface area contributed by atoms with E-state index in [9.17, 15) is 0 Å². The summed E-state index contributed by atoms with van der Waals surface area (Å²) in [6, 6.07) is 6.01. The fourth-order valence-electron chi connectivity index (χ4n) is 1.84. The van der Waals surface area contributed by atoms with Crippen molar-refractivity contribution in [3.05, 3.63) is 46.0 Å². The van der Waals surface area contributed by atoms with Crippen LogP contribution in [-0.4, -0.2) is 15.6 Å². The van der Waals surface area contributed by atoms with Gasteiger partial charge in [-0.1, -0.05) is 37.0 Å². The van der Waals surface area contributed by atoms with Gasteiger partial charge in [0.1, 0.15) is 23.3 Å². The van der Waals surface area contributed by atoms with Crippen LogP contribution < -0.4 is 10.1 Å². The molecule has 0 bridgehead atoms. The standard InChI is InChI=1S/C15H19Cl2N3O/c1-10(2)18-7-11-6-12(16)4-5-13(11)21-9-15-19-8-14(17)20(15)3/h4-6,8,10,18H,7,9H2,1-3H3. The third kappa shape index (κ3) is 4.37. The molecule has 1 aromatic carbocycles. The molecule has 4 nitrogen and oxygen atoms in total. The molecule has 114 valence electrons. The van der Waals surface area contributed by atoms with Crippen LogP contribution in [0.1, 0.15) is 25.2 Å². The fourth-order valence-corrected chi connectivity index (χ4v) is 2.18. The van der Waals surface area contributed by atoms with Crippen LogP contribution >= 0.6 is 23.2 Å². The highest BCUT2D eigenvalue weighted by atomic mass is 35.5. The fraction of sp³-hybridized carbons (Fsp3) is 0.400. The molecular weight excluding hydrogens is 309 g/mol. The lowest BCUT2D eigenvalue weighted by Crippen LogP contribution is -2.22. The molecule has 0 aliphatic carbocycles. The molecule has 0 unspecified atom stereocenters. The summed E-state index contributed by atoms with van der Waals surface area (Å²) in [6.45, 7) is 5.26. The molecule has 0 fully saturated rings. The first-order valence-electron chi connectivity index (χ1n) is 6.78. The number of hydrogen-bond donors (Lipinski definition) is 1. The van der Waals surface area contributed by atoms with Crippen LogP contribution in [0.5, 0.6) is 5.75 Å². The zero-order valence-corrected chi connectivity index (χ0v) is 13.9. The van der Waals surface area contributed by atoms with Gasteiger partial charge in [0.15, 0.2) is 0 Å². The molecule has 0 aliphatic heterocycles. The van der Waals surface area contributed by atoms with Gasteiger partial charge in [-0.2, -0.15) is 0 Å². The lowest BCUT2D eigenvalue weighted by atomic mass is 10.2. The maximum Gasteiger partial charge on any atom is 0.147 e. The van der Waals surface area contributed by atoms with Crippen LogP contribution in [0.15, 0.2) is 24.4 Å². The third-order valence-corrected chi connectivity index (χ3v) is 3.69. The SMILES string of the molecule is CC(C)NCc1cc(Cl)ccc1OCc1ncc(Cl)n1C. The maximum absolute atomic E-state index is 6.06. The Bertz CT molecular complexity index is 611. The first kappa shape index (κ1) is 16.1. The van der Waals surface area contributed by atoms with Gasteiger partial charge < -0.3 is 14.6 Å². The van der Waals surface area contributed by atoms with Crippen molar-refractivity contribution in [1.82, 2.24) is 14.9 Å². The van der Waals surface area contributed by atoms with E-state index >= 15 is 0 Å². The van der Waals surface area contributed by atoms with E-state index in [1.807, 2.05) is 25.2 Å². The number of benzene rings is 1. The van der Waals surface area contributed by atoms with E-state index in [1.165, 1.54) is 0 Å². The van der Waals surface area contributed by atoms with E-state index in [4.69, 9.17) is 27.9 Å². The van der Waals surface area contributed by atoms with E-state index in [2.05, 4.69) is 24.1 Å². The molecule has 0 saturated carbocycles. The number of imidazole rings is 1. The highest BCUT2D eigenvalue weighted by molar-refractivity contribution is 6.30. The number of nitrogens with one attached hydrogen (secondary N) is 1. The van der Waals surface area contributed by atoms with Gasteiger partial charge in [0.05, 0.1) is 6.20 Å². The summed E-state index contributed by atoms with van der Waals surface area (Å²) in [5.41, 5.74) is 1.02. The predicted molar refractivity (Wildman–Crippen MR) is 86.0 cm³/mol. The number of hydrogen-bond acceptors (Lipinski definition) is 3. The Morgan fingerprint density at radius 3 is 2.71 bits per heavy atom. The Morgan fingerprint density at radius 2 is 2.10 bits per heavy atom. The molecule has 0 saturated heterocycles. The zero-order valence-electron chi connectivity index (χ0n) is 12.4. The van der Waals surface area contributed by atoms with E-state index < -0.39 is 0 Å². The molecule has 1 heterocycles. The maximum atomic E-state index is 6.06. The van der Waals surface area contributed by atoms with Crippen molar-refractivity contribution in [2.24, 2.45) is 7.05 Å². The molecule has 6 heteroatoms. The molecular formula is C15H19Cl2N3O. The molecule has 0 amide bonds.